The zero-order chi connectivity index (χ0) is 12.5. The predicted molar refractivity (Wildman–Crippen MR) is 71.0 cm³/mol. The van der Waals surface area contributed by atoms with Crippen molar-refractivity contribution in [3.05, 3.63) is 22.8 Å². The van der Waals surface area contributed by atoms with Crippen molar-refractivity contribution in [2.45, 2.75) is 26.2 Å². The van der Waals surface area contributed by atoms with E-state index in [1.807, 2.05) is 12.3 Å². The van der Waals surface area contributed by atoms with Crippen LogP contribution in [0.4, 0.5) is 5.82 Å². The number of anilines is 1. The van der Waals surface area contributed by atoms with E-state index in [1.54, 1.807) is 0 Å². The molecule has 1 aliphatic rings. The monoisotopic (exact) mass is 254 g/mol. The highest BCUT2D eigenvalue weighted by molar-refractivity contribution is 6.33. The molecule has 4 heteroatoms. The molecule has 2 rings (SSSR count). The Labute approximate surface area is 108 Å². The molecule has 17 heavy (non-hydrogen) atoms. The van der Waals surface area contributed by atoms with Crippen LogP contribution in [0.2, 0.25) is 5.02 Å². The van der Waals surface area contributed by atoms with Gasteiger partial charge < -0.3 is 9.64 Å². The average Bonchev–Trinajstić information content (AvgIpc) is 2.29. The maximum absolute atomic E-state index is 6.48. The highest BCUT2D eigenvalue weighted by Gasteiger charge is 2.23. The van der Waals surface area contributed by atoms with Crippen LogP contribution >= 0.6 is 11.6 Å². The van der Waals surface area contributed by atoms with Crippen LogP contribution in [-0.4, -0.2) is 31.3 Å². The Kier molecular flexibility index (Phi) is 3.59. The quantitative estimate of drug-likeness (QED) is 0.771. The van der Waals surface area contributed by atoms with Crippen LogP contribution in [0.5, 0.6) is 0 Å². The van der Waals surface area contributed by atoms with Crippen molar-refractivity contribution in [2.24, 2.45) is 0 Å². The van der Waals surface area contributed by atoms with Gasteiger partial charge in [0.1, 0.15) is 5.82 Å². The molecule has 1 aromatic heterocycles. The van der Waals surface area contributed by atoms with E-state index in [0.717, 1.165) is 42.7 Å². The second-order valence-corrected chi connectivity index (χ2v) is 5.72. The van der Waals surface area contributed by atoms with E-state index in [2.05, 4.69) is 30.7 Å². The first-order valence-corrected chi connectivity index (χ1v) is 6.35. The molecule has 2 heterocycles. The third kappa shape index (κ3) is 2.72. The average molecular weight is 255 g/mol. The van der Waals surface area contributed by atoms with Gasteiger partial charge in [-0.1, -0.05) is 32.4 Å². The number of hydrogen-bond donors (Lipinski definition) is 0. The van der Waals surface area contributed by atoms with Gasteiger partial charge in [-0.25, -0.2) is 4.98 Å². The van der Waals surface area contributed by atoms with Crippen molar-refractivity contribution in [3.8, 4) is 0 Å². The zero-order valence-corrected chi connectivity index (χ0v) is 11.4. The van der Waals surface area contributed by atoms with Gasteiger partial charge in [-0.05, 0) is 17.0 Å². The Morgan fingerprint density at radius 3 is 2.53 bits per heavy atom. The van der Waals surface area contributed by atoms with Gasteiger partial charge in [-0.3, -0.25) is 0 Å². The van der Waals surface area contributed by atoms with Crippen LogP contribution in [-0.2, 0) is 10.2 Å². The van der Waals surface area contributed by atoms with E-state index < -0.39 is 0 Å². The lowest BCUT2D eigenvalue weighted by molar-refractivity contribution is 0.122. The van der Waals surface area contributed by atoms with Crippen LogP contribution in [0.25, 0.3) is 0 Å². The summed E-state index contributed by atoms with van der Waals surface area (Å²) in [6, 6.07) is 2.01. The van der Waals surface area contributed by atoms with Crippen molar-refractivity contribution >= 4 is 17.4 Å². The maximum atomic E-state index is 6.48. The first-order valence-electron chi connectivity index (χ1n) is 5.98. The Bertz CT molecular complexity index is 395. The van der Waals surface area contributed by atoms with E-state index in [0.29, 0.717) is 0 Å². The van der Waals surface area contributed by atoms with Crippen molar-refractivity contribution < 1.29 is 4.74 Å². The smallest absolute Gasteiger partial charge is 0.147 e. The van der Waals surface area contributed by atoms with Gasteiger partial charge >= 0.3 is 0 Å². The minimum Gasteiger partial charge on any atom is -0.378 e. The molecule has 3 nitrogen and oxygen atoms in total. The second kappa shape index (κ2) is 4.83. The van der Waals surface area contributed by atoms with E-state index in [9.17, 15) is 0 Å². The number of halogens is 1. The standard InChI is InChI=1S/C13H19ClN2O/c1-13(2,3)10-4-5-15-12(11(10)14)16-6-8-17-9-7-16/h4-5H,6-9H2,1-3H3. The first kappa shape index (κ1) is 12.7. The van der Waals surface area contributed by atoms with Crippen LogP contribution in [0.1, 0.15) is 26.3 Å². The van der Waals surface area contributed by atoms with Gasteiger partial charge in [-0.15, -0.1) is 0 Å². The molecule has 0 aromatic carbocycles. The van der Waals surface area contributed by atoms with Crippen LogP contribution in [0.3, 0.4) is 0 Å². The molecule has 0 radical (unpaired) electrons. The summed E-state index contributed by atoms with van der Waals surface area (Å²) in [6.45, 7) is 9.71. The summed E-state index contributed by atoms with van der Waals surface area (Å²) in [5, 5.41) is 0.780. The molecule has 0 atom stereocenters. The van der Waals surface area contributed by atoms with Crippen molar-refractivity contribution in [1.82, 2.24) is 4.98 Å². The molecule has 0 saturated carbocycles. The fourth-order valence-corrected chi connectivity index (χ4v) is 2.52. The molecule has 94 valence electrons. The van der Waals surface area contributed by atoms with E-state index in [1.165, 1.54) is 0 Å². The molecule has 0 unspecified atom stereocenters. The number of morpholine rings is 1. The van der Waals surface area contributed by atoms with E-state index in [4.69, 9.17) is 16.3 Å². The molecule has 1 aliphatic heterocycles. The SMILES string of the molecule is CC(C)(C)c1ccnc(N2CCOCC2)c1Cl. The van der Waals surface area contributed by atoms with E-state index >= 15 is 0 Å². The summed E-state index contributed by atoms with van der Waals surface area (Å²) in [6.07, 6.45) is 1.84. The highest BCUT2D eigenvalue weighted by atomic mass is 35.5. The fourth-order valence-electron chi connectivity index (χ4n) is 2.01. The molecule has 0 N–H and O–H groups in total. The van der Waals surface area contributed by atoms with E-state index in [-0.39, 0.29) is 5.41 Å². The summed E-state index contributed by atoms with van der Waals surface area (Å²) in [4.78, 5) is 6.61. The van der Waals surface area contributed by atoms with Crippen LogP contribution < -0.4 is 4.90 Å². The lowest BCUT2D eigenvalue weighted by atomic mass is 9.87. The van der Waals surface area contributed by atoms with Crippen LogP contribution in [0, 0.1) is 0 Å². The van der Waals surface area contributed by atoms with Crippen LogP contribution in [0.15, 0.2) is 12.3 Å². The predicted octanol–water partition coefficient (Wildman–Crippen LogP) is 2.87. The minimum atomic E-state index is 0.0427. The van der Waals surface area contributed by atoms with Crippen molar-refractivity contribution in [2.75, 3.05) is 31.2 Å². The third-order valence-corrected chi connectivity index (χ3v) is 3.36. The summed E-state index contributed by atoms with van der Waals surface area (Å²) in [5.41, 5.74) is 1.19. The Hall–Kier alpha value is -0.800. The number of ether oxygens (including phenoxy) is 1. The Morgan fingerprint density at radius 2 is 1.94 bits per heavy atom. The summed E-state index contributed by atoms with van der Waals surface area (Å²) >= 11 is 6.48. The molecule has 1 saturated heterocycles. The molecule has 0 spiro atoms. The summed E-state index contributed by atoms with van der Waals surface area (Å²) < 4.78 is 5.35. The number of aromatic nitrogens is 1. The van der Waals surface area contributed by atoms with Crippen molar-refractivity contribution in [3.63, 3.8) is 0 Å². The number of pyridine rings is 1. The number of rotatable bonds is 1. The zero-order valence-electron chi connectivity index (χ0n) is 10.7. The van der Waals surface area contributed by atoms with Gasteiger partial charge in [0.05, 0.1) is 18.2 Å². The lowest BCUT2D eigenvalue weighted by Gasteiger charge is -2.30. The van der Waals surface area contributed by atoms with Crippen molar-refractivity contribution in [1.29, 1.82) is 0 Å². The summed E-state index contributed by atoms with van der Waals surface area (Å²) in [5.74, 6) is 0.891. The number of hydrogen-bond acceptors (Lipinski definition) is 3. The van der Waals surface area contributed by atoms with Gasteiger partial charge in [-0.2, -0.15) is 0 Å². The summed E-state index contributed by atoms with van der Waals surface area (Å²) in [7, 11) is 0. The second-order valence-electron chi connectivity index (χ2n) is 5.35. The maximum Gasteiger partial charge on any atom is 0.147 e. The van der Waals surface area contributed by atoms with Gasteiger partial charge in [0.25, 0.3) is 0 Å². The molecule has 1 aromatic rings. The van der Waals surface area contributed by atoms with Gasteiger partial charge in [0, 0.05) is 19.3 Å². The lowest BCUT2D eigenvalue weighted by Crippen LogP contribution is -2.37. The molecular weight excluding hydrogens is 236 g/mol. The first-order chi connectivity index (χ1) is 8.00. The fraction of sp³-hybridized carbons (Fsp3) is 0.615. The third-order valence-electron chi connectivity index (χ3n) is 2.99. The normalized spacial score (nSPS) is 17.3. The minimum absolute atomic E-state index is 0.0427. The molecule has 0 amide bonds. The molecule has 0 aliphatic carbocycles. The molecule has 1 fully saturated rings. The molecule has 0 bridgehead atoms. The highest BCUT2D eigenvalue weighted by Crippen LogP contribution is 2.34. The largest absolute Gasteiger partial charge is 0.378 e. The Balaban J connectivity index is 2.35. The van der Waals surface area contributed by atoms with Gasteiger partial charge in [0.15, 0.2) is 0 Å². The topological polar surface area (TPSA) is 25.4 Å². The molecular formula is C13H19ClN2O. The van der Waals surface area contributed by atoms with Gasteiger partial charge in [0.2, 0.25) is 0 Å². The number of nitrogens with zero attached hydrogens (tertiary/aromatic N) is 2. The Morgan fingerprint density at radius 1 is 1.29 bits per heavy atom.